The van der Waals surface area contributed by atoms with Gasteiger partial charge in [0.25, 0.3) is 0 Å². The number of ether oxygens (including phenoxy) is 1. The molecule has 1 aromatic rings. The van der Waals surface area contributed by atoms with Gasteiger partial charge in [-0.2, -0.15) is 0 Å². The van der Waals surface area contributed by atoms with Crippen molar-refractivity contribution in [1.82, 2.24) is 9.88 Å². The lowest BCUT2D eigenvalue weighted by atomic mass is 10.4. The predicted octanol–water partition coefficient (Wildman–Crippen LogP) is 1.66. The van der Waals surface area contributed by atoms with Gasteiger partial charge in [0.05, 0.1) is 23.3 Å². The fourth-order valence-electron chi connectivity index (χ4n) is 1.28. The lowest BCUT2D eigenvalue weighted by Gasteiger charge is -2.12. The molecule has 0 spiro atoms. The average Bonchev–Trinajstić information content (AvgIpc) is 2.35. The number of aromatic nitrogens is 1. The van der Waals surface area contributed by atoms with E-state index in [4.69, 9.17) is 33.8 Å². The molecule has 8 heteroatoms. The summed E-state index contributed by atoms with van der Waals surface area (Å²) in [7, 11) is 4.00. The quantitative estimate of drug-likeness (QED) is 0.385. The first-order valence-corrected chi connectivity index (χ1v) is 6.59. The van der Waals surface area contributed by atoms with Crippen molar-refractivity contribution in [2.75, 3.05) is 51.1 Å². The zero-order chi connectivity index (χ0) is 14.3. The highest BCUT2D eigenvalue weighted by Crippen LogP contribution is 2.28. The number of hydrogen-bond donors (Lipinski definition) is 3. The topological polar surface area (TPSA) is 75.4 Å². The van der Waals surface area contributed by atoms with Gasteiger partial charge in [0, 0.05) is 13.1 Å². The van der Waals surface area contributed by atoms with Gasteiger partial charge in [-0.05, 0) is 20.2 Å². The molecule has 0 aliphatic heterocycles. The molecule has 0 amide bonds. The number of anilines is 2. The van der Waals surface area contributed by atoms with Crippen LogP contribution in [0.1, 0.15) is 0 Å². The molecule has 0 aliphatic carbocycles. The summed E-state index contributed by atoms with van der Waals surface area (Å²) >= 11 is 11.9. The van der Waals surface area contributed by atoms with Crippen LogP contribution in [-0.4, -0.2) is 50.3 Å². The second-order valence-corrected chi connectivity index (χ2v) is 4.95. The first-order valence-electron chi connectivity index (χ1n) is 5.83. The van der Waals surface area contributed by atoms with Gasteiger partial charge < -0.3 is 20.4 Å². The fraction of sp³-hybridized carbons (Fsp3) is 0.545. The summed E-state index contributed by atoms with van der Waals surface area (Å²) in [4.78, 5) is 6.22. The third kappa shape index (κ3) is 5.80. The number of nitrogen functional groups attached to an aromatic ring is 1. The van der Waals surface area contributed by atoms with Gasteiger partial charge in [0.15, 0.2) is 5.82 Å². The molecule has 1 aromatic heterocycles. The number of rotatable bonds is 8. The van der Waals surface area contributed by atoms with Crippen molar-refractivity contribution in [2.24, 2.45) is 5.84 Å². The van der Waals surface area contributed by atoms with E-state index < -0.39 is 0 Å². The van der Waals surface area contributed by atoms with E-state index in [1.54, 1.807) is 6.07 Å². The molecule has 0 atom stereocenters. The van der Waals surface area contributed by atoms with E-state index in [9.17, 15) is 0 Å². The van der Waals surface area contributed by atoms with Gasteiger partial charge in [-0.1, -0.05) is 23.2 Å². The monoisotopic (exact) mass is 307 g/mol. The molecule has 6 nitrogen and oxygen atoms in total. The minimum absolute atomic E-state index is 0.375. The second-order valence-electron chi connectivity index (χ2n) is 4.14. The smallest absolute Gasteiger partial charge is 0.161 e. The van der Waals surface area contributed by atoms with Crippen LogP contribution in [0.5, 0.6) is 0 Å². The van der Waals surface area contributed by atoms with Crippen LogP contribution in [0.4, 0.5) is 11.6 Å². The van der Waals surface area contributed by atoms with Crippen molar-refractivity contribution in [3.8, 4) is 0 Å². The van der Waals surface area contributed by atoms with Gasteiger partial charge in [0.2, 0.25) is 0 Å². The first-order chi connectivity index (χ1) is 9.04. The molecule has 0 aliphatic rings. The molecule has 1 rings (SSSR count). The van der Waals surface area contributed by atoms with E-state index in [1.165, 1.54) is 0 Å². The average molecular weight is 308 g/mol. The molecule has 1 heterocycles. The summed E-state index contributed by atoms with van der Waals surface area (Å²) in [5, 5.41) is 3.88. The van der Waals surface area contributed by atoms with Crippen molar-refractivity contribution in [1.29, 1.82) is 0 Å². The van der Waals surface area contributed by atoms with Crippen LogP contribution < -0.4 is 16.6 Å². The van der Waals surface area contributed by atoms with Crippen LogP contribution in [0.25, 0.3) is 0 Å². The molecule has 0 aromatic carbocycles. The molecule has 108 valence electrons. The van der Waals surface area contributed by atoms with Gasteiger partial charge in [-0.25, -0.2) is 10.8 Å². The summed E-state index contributed by atoms with van der Waals surface area (Å²) in [6.45, 7) is 2.75. The zero-order valence-corrected chi connectivity index (χ0v) is 12.6. The lowest BCUT2D eigenvalue weighted by molar-refractivity contribution is 0.126. The van der Waals surface area contributed by atoms with E-state index in [0.29, 0.717) is 41.4 Å². The highest BCUT2D eigenvalue weighted by Gasteiger charge is 2.07. The number of hydrazine groups is 1. The molecule has 0 fully saturated rings. The number of nitrogens with one attached hydrogen (secondary N) is 2. The molecule has 0 saturated carbocycles. The SMILES string of the molecule is CN(C)CCOCCNc1nc(NN)c(Cl)cc1Cl. The summed E-state index contributed by atoms with van der Waals surface area (Å²) < 4.78 is 5.44. The molecule has 0 unspecified atom stereocenters. The van der Waals surface area contributed by atoms with Crippen LogP contribution in [0.15, 0.2) is 6.07 Å². The van der Waals surface area contributed by atoms with E-state index in [-0.39, 0.29) is 0 Å². The molecular weight excluding hydrogens is 289 g/mol. The maximum absolute atomic E-state index is 6.01. The Kier molecular flexibility index (Phi) is 7.19. The van der Waals surface area contributed by atoms with Crippen molar-refractivity contribution in [2.45, 2.75) is 0 Å². The number of hydrogen-bond acceptors (Lipinski definition) is 6. The molecule has 0 radical (unpaired) electrons. The van der Waals surface area contributed by atoms with Gasteiger partial charge in [0.1, 0.15) is 5.82 Å². The van der Waals surface area contributed by atoms with Crippen LogP contribution in [0.3, 0.4) is 0 Å². The van der Waals surface area contributed by atoms with Crippen molar-refractivity contribution < 1.29 is 4.74 Å². The Hall–Kier alpha value is -0.790. The fourth-order valence-corrected chi connectivity index (χ4v) is 1.76. The Morgan fingerprint density at radius 3 is 2.58 bits per heavy atom. The van der Waals surface area contributed by atoms with Crippen LogP contribution in [0, 0.1) is 0 Å². The third-order valence-corrected chi connectivity index (χ3v) is 2.86. The van der Waals surface area contributed by atoms with Crippen LogP contribution >= 0.6 is 23.2 Å². The second kappa shape index (κ2) is 8.39. The highest BCUT2D eigenvalue weighted by atomic mass is 35.5. The maximum Gasteiger partial charge on any atom is 0.161 e. The number of pyridine rings is 1. The number of likely N-dealkylation sites (N-methyl/N-ethyl adjacent to an activating group) is 1. The Bertz CT molecular complexity index is 403. The molecule has 19 heavy (non-hydrogen) atoms. The van der Waals surface area contributed by atoms with E-state index >= 15 is 0 Å². The predicted molar refractivity (Wildman–Crippen MR) is 79.9 cm³/mol. The van der Waals surface area contributed by atoms with Crippen molar-refractivity contribution >= 4 is 34.8 Å². The van der Waals surface area contributed by atoms with Crippen molar-refractivity contribution in [3.05, 3.63) is 16.1 Å². The van der Waals surface area contributed by atoms with Gasteiger partial charge in [-0.15, -0.1) is 0 Å². The minimum atomic E-state index is 0.375. The highest BCUT2D eigenvalue weighted by molar-refractivity contribution is 6.37. The Morgan fingerprint density at radius 1 is 1.26 bits per heavy atom. The van der Waals surface area contributed by atoms with Gasteiger partial charge >= 0.3 is 0 Å². The Balaban J connectivity index is 2.37. The summed E-state index contributed by atoms with van der Waals surface area (Å²) in [5.74, 6) is 6.20. The van der Waals surface area contributed by atoms with E-state index in [2.05, 4.69) is 20.6 Å². The van der Waals surface area contributed by atoms with E-state index in [0.717, 1.165) is 6.54 Å². The summed E-state index contributed by atoms with van der Waals surface area (Å²) in [6, 6.07) is 1.58. The molecule has 4 N–H and O–H groups in total. The number of nitrogens with zero attached hydrogens (tertiary/aromatic N) is 2. The standard InChI is InChI=1S/C11H19Cl2N5O/c1-18(2)4-6-19-5-3-15-10-8(12)7-9(13)11(16-10)17-14/h7H,3-6,14H2,1-2H3,(H2,15,16,17). The summed E-state index contributed by atoms with van der Waals surface area (Å²) in [6.07, 6.45) is 0. The van der Waals surface area contributed by atoms with Crippen LogP contribution in [-0.2, 0) is 4.74 Å². The normalized spacial score (nSPS) is 10.8. The minimum Gasteiger partial charge on any atom is -0.378 e. The largest absolute Gasteiger partial charge is 0.378 e. The molecule has 0 saturated heterocycles. The summed E-state index contributed by atoms with van der Waals surface area (Å²) in [5.41, 5.74) is 2.41. The van der Waals surface area contributed by atoms with Crippen molar-refractivity contribution in [3.63, 3.8) is 0 Å². The first kappa shape index (κ1) is 16.3. The Morgan fingerprint density at radius 2 is 1.95 bits per heavy atom. The number of nitrogens with two attached hydrogens (primary N) is 1. The third-order valence-electron chi connectivity index (χ3n) is 2.29. The number of halogens is 2. The van der Waals surface area contributed by atoms with Crippen LogP contribution in [0.2, 0.25) is 10.0 Å². The zero-order valence-electron chi connectivity index (χ0n) is 11.0. The van der Waals surface area contributed by atoms with E-state index in [1.807, 2.05) is 14.1 Å². The van der Waals surface area contributed by atoms with Gasteiger partial charge in [-0.3, -0.25) is 0 Å². The maximum atomic E-state index is 6.01. The Labute approximate surface area is 123 Å². The molecular formula is C11H19Cl2N5O. The lowest BCUT2D eigenvalue weighted by Crippen LogP contribution is -2.20. The molecule has 0 bridgehead atoms.